The number of benzene rings is 2. The van der Waals surface area contributed by atoms with Crippen molar-refractivity contribution in [1.82, 2.24) is 0 Å². The van der Waals surface area contributed by atoms with E-state index in [4.69, 9.17) is 15.6 Å². The van der Waals surface area contributed by atoms with E-state index in [2.05, 4.69) is 0 Å². The van der Waals surface area contributed by atoms with Crippen molar-refractivity contribution in [3.8, 4) is 5.75 Å². The van der Waals surface area contributed by atoms with Gasteiger partial charge in [-0.05, 0) is 34.4 Å². The van der Waals surface area contributed by atoms with Crippen LogP contribution in [0.2, 0.25) is 0 Å². The first-order valence-electron chi connectivity index (χ1n) is 7.15. The lowest BCUT2D eigenvalue weighted by Gasteiger charge is -2.11. The summed E-state index contributed by atoms with van der Waals surface area (Å²) in [5.41, 5.74) is 10.6. The number of rotatable bonds is 3. The molecule has 0 aliphatic carbocycles. The van der Waals surface area contributed by atoms with Gasteiger partial charge < -0.3 is 15.6 Å². The van der Waals surface area contributed by atoms with Crippen LogP contribution >= 0.6 is 0 Å². The van der Waals surface area contributed by atoms with Gasteiger partial charge in [-0.3, -0.25) is 4.79 Å². The van der Waals surface area contributed by atoms with E-state index in [1.54, 1.807) is 6.07 Å². The van der Waals surface area contributed by atoms with Gasteiger partial charge in [-0.1, -0.05) is 36.4 Å². The molecule has 2 aromatic carbocycles. The number of ether oxygens (including phenoxy) is 1. The summed E-state index contributed by atoms with van der Waals surface area (Å²) in [6, 6.07) is 13.5. The SMILES string of the molecule is NCC=C1c2ccccc2COc2ccc(CC(=O)O)cc21. The molecule has 0 atom stereocenters. The third-order valence-corrected chi connectivity index (χ3v) is 3.70. The summed E-state index contributed by atoms with van der Waals surface area (Å²) in [7, 11) is 0. The second kappa shape index (κ2) is 6.03. The van der Waals surface area contributed by atoms with Crippen LogP contribution in [0.4, 0.5) is 0 Å². The maximum atomic E-state index is 10.9. The third-order valence-electron chi connectivity index (χ3n) is 3.70. The van der Waals surface area contributed by atoms with Gasteiger partial charge in [-0.2, -0.15) is 0 Å². The second-order valence-corrected chi connectivity index (χ2v) is 5.20. The first-order chi connectivity index (χ1) is 10.7. The molecule has 4 heteroatoms. The Bertz CT molecular complexity index is 750. The normalized spacial score (nSPS) is 14.7. The summed E-state index contributed by atoms with van der Waals surface area (Å²) < 4.78 is 5.88. The Balaban J connectivity index is 2.16. The van der Waals surface area contributed by atoms with Crippen LogP contribution in [0.25, 0.3) is 5.57 Å². The first kappa shape index (κ1) is 14.4. The van der Waals surface area contributed by atoms with Gasteiger partial charge in [-0.25, -0.2) is 0 Å². The van der Waals surface area contributed by atoms with Crippen molar-refractivity contribution < 1.29 is 14.6 Å². The van der Waals surface area contributed by atoms with Crippen molar-refractivity contribution >= 4 is 11.5 Å². The molecule has 0 aromatic heterocycles. The van der Waals surface area contributed by atoms with E-state index in [0.29, 0.717) is 13.2 Å². The van der Waals surface area contributed by atoms with Crippen LogP contribution in [0.1, 0.15) is 22.3 Å². The minimum atomic E-state index is -0.848. The molecule has 1 aliphatic heterocycles. The Morgan fingerprint density at radius 1 is 1.23 bits per heavy atom. The topological polar surface area (TPSA) is 72.5 Å². The molecule has 0 spiro atoms. The fourth-order valence-corrected chi connectivity index (χ4v) is 2.75. The lowest BCUT2D eigenvalue weighted by atomic mass is 9.92. The molecule has 0 amide bonds. The molecule has 2 aromatic rings. The molecule has 1 aliphatic rings. The van der Waals surface area contributed by atoms with E-state index in [1.165, 1.54) is 0 Å². The number of fused-ring (bicyclic) bond motifs is 2. The molecule has 3 N–H and O–H groups in total. The van der Waals surface area contributed by atoms with E-state index in [9.17, 15) is 4.79 Å². The van der Waals surface area contributed by atoms with E-state index in [1.807, 2.05) is 42.5 Å². The van der Waals surface area contributed by atoms with E-state index < -0.39 is 5.97 Å². The maximum Gasteiger partial charge on any atom is 0.307 e. The fraction of sp³-hybridized carbons (Fsp3) is 0.167. The number of carboxylic acid groups (broad SMARTS) is 1. The van der Waals surface area contributed by atoms with Crippen LogP contribution in [-0.2, 0) is 17.8 Å². The average molecular weight is 295 g/mol. The Labute approximate surface area is 128 Å². The molecule has 0 saturated carbocycles. The lowest BCUT2D eigenvalue weighted by Crippen LogP contribution is -2.02. The molecule has 1 heterocycles. The Morgan fingerprint density at radius 3 is 2.82 bits per heavy atom. The summed E-state index contributed by atoms with van der Waals surface area (Å²) in [5, 5.41) is 8.99. The molecule has 0 bridgehead atoms. The fourth-order valence-electron chi connectivity index (χ4n) is 2.75. The summed E-state index contributed by atoms with van der Waals surface area (Å²) in [4.78, 5) is 10.9. The summed E-state index contributed by atoms with van der Waals surface area (Å²) in [6.45, 7) is 0.898. The Hall–Kier alpha value is -2.59. The Kier molecular flexibility index (Phi) is 3.94. The molecular formula is C18H17NO3. The minimum Gasteiger partial charge on any atom is -0.488 e. The van der Waals surface area contributed by atoms with E-state index in [0.717, 1.165) is 33.6 Å². The molecule has 22 heavy (non-hydrogen) atoms. The van der Waals surface area contributed by atoms with Gasteiger partial charge in [0, 0.05) is 12.1 Å². The summed E-state index contributed by atoms with van der Waals surface area (Å²) in [5.74, 6) is -0.0933. The van der Waals surface area contributed by atoms with Crippen molar-refractivity contribution in [3.63, 3.8) is 0 Å². The zero-order valence-electron chi connectivity index (χ0n) is 12.1. The maximum absolute atomic E-state index is 10.9. The predicted molar refractivity (Wildman–Crippen MR) is 84.7 cm³/mol. The molecule has 4 nitrogen and oxygen atoms in total. The van der Waals surface area contributed by atoms with E-state index in [-0.39, 0.29) is 6.42 Å². The highest BCUT2D eigenvalue weighted by atomic mass is 16.5. The first-order valence-corrected chi connectivity index (χ1v) is 7.15. The smallest absolute Gasteiger partial charge is 0.307 e. The largest absolute Gasteiger partial charge is 0.488 e. The van der Waals surface area contributed by atoms with Gasteiger partial charge in [-0.15, -0.1) is 0 Å². The molecule has 112 valence electrons. The van der Waals surface area contributed by atoms with Crippen molar-refractivity contribution in [2.45, 2.75) is 13.0 Å². The van der Waals surface area contributed by atoms with Crippen LogP contribution in [0, 0.1) is 0 Å². The predicted octanol–water partition coefficient (Wildman–Crippen LogP) is 2.60. The van der Waals surface area contributed by atoms with Gasteiger partial charge in [0.1, 0.15) is 12.4 Å². The monoisotopic (exact) mass is 295 g/mol. The van der Waals surface area contributed by atoms with Crippen molar-refractivity contribution in [3.05, 3.63) is 70.8 Å². The highest BCUT2D eigenvalue weighted by Gasteiger charge is 2.19. The van der Waals surface area contributed by atoms with Gasteiger partial charge in [0.2, 0.25) is 0 Å². The quantitative estimate of drug-likeness (QED) is 0.913. The molecule has 3 rings (SSSR count). The van der Waals surface area contributed by atoms with Crippen LogP contribution in [0.15, 0.2) is 48.5 Å². The number of hydrogen-bond donors (Lipinski definition) is 2. The molecule has 0 saturated heterocycles. The standard InChI is InChI=1S/C18H17NO3/c19-8-7-15-14-4-2-1-3-13(14)11-22-17-6-5-12(9-16(15)17)10-18(20)21/h1-7,9H,8,10-11,19H2,(H,20,21). The van der Waals surface area contributed by atoms with E-state index >= 15 is 0 Å². The number of carboxylic acids is 1. The second-order valence-electron chi connectivity index (χ2n) is 5.20. The number of nitrogens with two attached hydrogens (primary N) is 1. The lowest BCUT2D eigenvalue weighted by molar-refractivity contribution is -0.136. The Morgan fingerprint density at radius 2 is 2.05 bits per heavy atom. The summed E-state index contributed by atoms with van der Waals surface area (Å²) >= 11 is 0. The van der Waals surface area contributed by atoms with Gasteiger partial charge in [0.15, 0.2) is 0 Å². The molecular weight excluding hydrogens is 278 g/mol. The third kappa shape index (κ3) is 2.73. The zero-order chi connectivity index (χ0) is 15.5. The number of aliphatic carboxylic acids is 1. The van der Waals surface area contributed by atoms with Gasteiger partial charge in [0.25, 0.3) is 0 Å². The van der Waals surface area contributed by atoms with Crippen molar-refractivity contribution in [2.24, 2.45) is 5.73 Å². The molecule has 0 fully saturated rings. The van der Waals surface area contributed by atoms with Crippen LogP contribution in [0.5, 0.6) is 5.75 Å². The van der Waals surface area contributed by atoms with Gasteiger partial charge in [0.05, 0.1) is 6.42 Å². The van der Waals surface area contributed by atoms with Crippen LogP contribution in [0.3, 0.4) is 0 Å². The summed E-state index contributed by atoms with van der Waals surface area (Å²) in [6.07, 6.45) is 1.95. The molecule has 0 unspecified atom stereocenters. The molecule has 0 radical (unpaired) electrons. The van der Waals surface area contributed by atoms with Crippen molar-refractivity contribution in [1.29, 1.82) is 0 Å². The zero-order valence-corrected chi connectivity index (χ0v) is 12.1. The van der Waals surface area contributed by atoms with Gasteiger partial charge >= 0.3 is 5.97 Å². The average Bonchev–Trinajstić information content (AvgIpc) is 2.65. The number of hydrogen-bond acceptors (Lipinski definition) is 3. The number of carbonyl (C=O) groups is 1. The highest BCUT2D eigenvalue weighted by Crippen LogP contribution is 2.37. The van der Waals surface area contributed by atoms with Crippen molar-refractivity contribution in [2.75, 3.05) is 6.54 Å². The van der Waals surface area contributed by atoms with Crippen LogP contribution < -0.4 is 10.5 Å². The minimum absolute atomic E-state index is 0.00910. The highest BCUT2D eigenvalue weighted by molar-refractivity contribution is 5.85. The van der Waals surface area contributed by atoms with Crippen LogP contribution in [-0.4, -0.2) is 17.6 Å².